The molecule has 5 nitrogen and oxygen atoms in total. The van der Waals surface area contributed by atoms with Crippen LogP contribution in [0.3, 0.4) is 0 Å². The van der Waals surface area contributed by atoms with E-state index in [1.165, 1.54) is 0 Å². The second kappa shape index (κ2) is 3.94. The summed E-state index contributed by atoms with van der Waals surface area (Å²) in [6, 6.07) is 5.82. The van der Waals surface area contributed by atoms with Crippen LogP contribution in [0.2, 0.25) is 0 Å². The predicted molar refractivity (Wildman–Crippen MR) is 68.5 cm³/mol. The molecule has 0 aliphatic carbocycles. The Hall–Kier alpha value is -2.17. The summed E-state index contributed by atoms with van der Waals surface area (Å²) in [6.45, 7) is 4.32. The molecule has 0 fully saturated rings. The minimum Gasteiger partial charge on any atom is -0.454 e. The van der Waals surface area contributed by atoms with Gasteiger partial charge in [-0.3, -0.25) is 4.68 Å². The first-order valence-electron chi connectivity index (χ1n) is 5.82. The van der Waals surface area contributed by atoms with Crippen molar-refractivity contribution in [1.82, 2.24) is 9.78 Å². The number of hydrogen-bond acceptors (Lipinski definition) is 4. The Morgan fingerprint density at radius 2 is 2.00 bits per heavy atom. The van der Waals surface area contributed by atoms with Crippen LogP contribution in [-0.2, 0) is 7.05 Å². The smallest absolute Gasteiger partial charge is 0.231 e. The van der Waals surface area contributed by atoms with Gasteiger partial charge in [-0.15, -0.1) is 0 Å². The van der Waals surface area contributed by atoms with Crippen molar-refractivity contribution >= 4 is 11.4 Å². The lowest BCUT2D eigenvalue weighted by atomic mass is 10.2. The molecular formula is C13H15N3O2. The van der Waals surface area contributed by atoms with Crippen LogP contribution in [-0.4, -0.2) is 16.6 Å². The predicted octanol–water partition coefficient (Wildman–Crippen LogP) is 2.51. The average molecular weight is 245 g/mol. The molecule has 0 bridgehead atoms. The molecule has 1 aromatic heterocycles. The summed E-state index contributed by atoms with van der Waals surface area (Å²) >= 11 is 0. The topological polar surface area (TPSA) is 48.3 Å². The van der Waals surface area contributed by atoms with Gasteiger partial charge in [-0.05, 0) is 26.0 Å². The van der Waals surface area contributed by atoms with Crippen molar-refractivity contribution in [3.05, 3.63) is 29.6 Å². The highest BCUT2D eigenvalue weighted by molar-refractivity contribution is 5.67. The van der Waals surface area contributed by atoms with Crippen molar-refractivity contribution in [3.8, 4) is 11.5 Å². The molecule has 5 heteroatoms. The quantitative estimate of drug-likeness (QED) is 0.883. The van der Waals surface area contributed by atoms with Crippen molar-refractivity contribution in [2.45, 2.75) is 13.8 Å². The summed E-state index contributed by atoms with van der Waals surface area (Å²) < 4.78 is 12.5. The number of aromatic nitrogens is 2. The number of ether oxygens (including phenoxy) is 2. The fourth-order valence-electron chi connectivity index (χ4n) is 2.07. The fraction of sp³-hybridized carbons (Fsp3) is 0.308. The maximum atomic E-state index is 5.36. The monoisotopic (exact) mass is 245 g/mol. The molecule has 1 N–H and O–H groups in total. The molecule has 0 amide bonds. The van der Waals surface area contributed by atoms with Crippen molar-refractivity contribution in [2.75, 3.05) is 12.1 Å². The molecule has 0 saturated heterocycles. The number of anilines is 2. The van der Waals surface area contributed by atoms with E-state index < -0.39 is 0 Å². The van der Waals surface area contributed by atoms with Crippen LogP contribution >= 0.6 is 0 Å². The zero-order valence-corrected chi connectivity index (χ0v) is 10.7. The lowest BCUT2D eigenvalue weighted by Crippen LogP contribution is -1.95. The van der Waals surface area contributed by atoms with E-state index in [2.05, 4.69) is 10.4 Å². The first-order chi connectivity index (χ1) is 8.65. The lowest BCUT2D eigenvalue weighted by Gasteiger charge is -2.07. The third-order valence-corrected chi connectivity index (χ3v) is 3.15. The van der Waals surface area contributed by atoms with Crippen LogP contribution in [0.1, 0.15) is 11.4 Å². The number of rotatable bonds is 2. The normalized spacial score (nSPS) is 12.8. The Kier molecular flexibility index (Phi) is 2.40. The van der Waals surface area contributed by atoms with E-state index in [0.29, 0.717) is 6.79 Å². The molecular weight excluding hydrogens is 230 g/mol. The maximum Gasteiger partial charge on any atom is 0.231 e. The van der Waals surface area contributed by atoms with Crippen LogP contribution in [0.5, 0.6) is 11.5 Å². The van der Waals surface area contributed by atoms with Gasteiger partial charge in [-0.25, -0.2) is 0 Å². The van der Waals surface area contributed by atoms with E-state index in [1.807, 2.05) is 43.8 Å². The Morgan fingerprint density at radius 3 is 2.72 bits per heavy atom. The molecule has 18 heavy (non-hydrogen) atoms. The molecule has 1 aliphatic heterocycles. The molecule has 0 saturated carbocycles. The van der Waals surface area contributed by atoms with Crippen LogP contribution in [0, 0.1) is 13.8 Å². The molecule has 0 radical (unpaired) electrons. The van der Waals surface area contributed by atoms with Crippen LogP contribution in [0.25, 0.3) is 0 Å². The van der Waals surface area contributed by atoms with Crippen molar-refractivity contribution < 1.29 is 9.47 Å². The van der Waals surface area contributed by atoms with Gasteiger partial charge >= 0.3 is 0 Å². The molecule has 1 aromatic carbocycles. The second-order valence-electron chi connectivity index (χ2n) is 4.36. The van der Waals surface area contributed by atoms with Gasteiger partial charge in [0.2, 0.25) is 6.79 Å². The third kappa shape index (κ3) is 1.68. The maximum absolute atomic E-state index is 5.36. The summed E-state index contributed by atoms with van der Waals surface area (Å²) in [5.41, 5.74) is 4.09. The summed E-state index contributed by atoms with van der Waals surface area (Å²) in [5.74, 6) is 1.57. The zero-order chi connectivity index (χ0) is 12.7. The number of benzene rings is 1. The highest BCUT2D eigenvalue weighted by Crippen LogP contribution is 2.35. The second-order valence-corrected chi connectivity index (χ2v) is 4.36. The van der Waals surface area contributed by atoms with E-state index >= 15 is 0 Å². The summed E-state index contributed by atoms with van der Waals surface area (Å²) in [6.07, 6.45) is 0. The van der Waals surface area contributed by atoms with Gasteiger partial charge in [-0.1, -0.05) is 0 Å². The molecule has 94 valence electrons. The Bertz CT molecular complexity index is 605. The average Bonchev–Trinajstić information content (AvgIpc) is 2.89. The highest BCUT2D eigenvalue weighted by Gasteiger charge is 2.15. The number of aryl methyl sites for hydroxylation is 2. The molecule has 2 aromatic rings. The van der Waals surface area contributed by atoms with E-state index in [1.54, 1.807) is 0 Å². The Labute approximate surface area is 105 Å². The molecule has 2 heterocycles. The lowest BCUT2D eigenvalue weighted by molar-refractivity contribution is 0.174. The molecule has 0 unspecified atom stereocenters. The van der Waals surface area contributed by atoms with E-state index in [9.17, 15) is 0 Å². The van der Waals surface area contributed by atoms with Gasteiger partial charge in [0.05, 0.1) is 17.1 Å². The van der Waals surface area contributed by atoms with Gasteiger partial charge < -0.3 is 14.8 Å². The number of nitrogens with zero attached hydrogens (tertiary/aromatic N) is 2. The summed E-state index contributed by atoms with van der Waals surface area (Å²) in [5, 5.41) is 7.75. The zero-order valence-electron chi connectivity index (χ0n) is 10.7. The minimum absolute atomic E-state index is 0.295. The van der Waals surface area contributed by atoms with Crippen LogP contribution in [0.4, 0.5) is 11.4 Å². The third-order valence-electron chi connectivity index (χ3n) is 3.15. The van der Waals surface area contributed by atoms with Gasteiger partial charge in [-0.2, -0.15) is 5.10 Å². The number of hydrogen-bond donors (Lipinski definition) is 1. The minimum atomic E-state index is 0.295. The fourth-order valence-corrected chi connectivity index (χ4v) is 2.07. The van der Waals surface area contributed by atoms with Gasteiger partial charge in [0, 0.05) is 18.8 Å². The van der Waals surface area contributed by atoms with E-state index in [-0.39, 0.29) is 0 Å². The van der Waals surface area contributed by atoms with Crippen molar-refractivity contribution in [3.63, 3.8) is 0 Å². The van der Waals surface area contributed by atoms with Gasteiger partial charge in [0.1, 0.15) is 0 Å². The Morgan fingerprint density at radius 1 is 1.22 bits per heavy atom. The van der Waals surface area contributed by atoms with Crippen LogP contribution < -0.4 is 14.8 Å². The molecule has 0 spiro atoms. The van der Waals surface area contributed by atoms with Crippen molar-refractivity contribution in [2.24, 2.45) is 7.05 Å². The van der Waals surface area contributed by atoms with Gasteiger partial charge in [0.25, 0.3) is 0 Å². The first kappa shape index (κ1) is 11.0. The molecule has 3 rings (SSSR count). The highest BCUT2D eigenvalue weighted by atomic mass is 16.7. The SMILES string of the molecule is Cc1nn(C)c(C)c1Nc1ccc2c(c1)OCO2. The number of fused-ring (bicyclic) bond motifs is 1. The standard InChI is InChI=1S/C13H15N3O2/c1-8-13(9(2)16(3)15-8)14-10-4-5-11-12(6-10)18-7-17-11/h4-6,14H,7H2,1-3H3. The first-order valence-corrected chi connectivity index (χ1v) is 5.82. The largest absolute Gasteiger partial charge is 0.454 e. The summed E-state index contributed by atoms with van der Waals surface area (Å²) in [4.78, 5) is 0. The van der Waals surface area contributed by atoms with Gasteiger partial charge in [0.15, 0.2) is 11.5 Å². The van der Waals surface area contributed by atoms with Crippen LogP contribution in [0.15, 0.2) is 18.2 Å². The summed E-state index contributed by atoms with van der Waals surface area (Å²) in [7, 11) is 1.94. The van der Waals surface area contributed by atoms with E-state index in [4.69, 9.17) is 9.47 Å². The van der Waals surface area contributed by atoms with E-state index in [0.717, 1.165) is 34.3 Å². The Balaban J connectivity index is 1.93. The number of nitrogens with one attached hydrogen (secondary N) is 1. The molecule has 1 aliphatic rings. The van der Waals surface area contributed by atoms with Crippen molar-refractivity contribution in [1.29, 1.82) is 0 Å². The molecule has 0 atom stereocenters.